The Balaban J connectivity index is 2.36. The number of ether oxygens (including phenoxy) is 1. The first kappa shape index (κ1) is 15.4. The van der Waals surface area contributed by atoms with Crippen LogP contribution < -0.4 is 5.32 Å². The van der Waals surface area contributed by atoms with E-state index in [1.165, 1.54) is 0 Å². The fourth-order valence-electron chi connectivity index (χ4n) is 1.19. The molecule has 0 aromatic heterocycles. The number of alkyl halides is 3. The molecule has 106 valence electrons. The minimum Gasteiger partial charge on any atom is -0.370 e. The van der Waals surface area contributed by atoms with Crippen molar-refractivity contribution in [2.24, 2.45) is 0 Å². The van der Waals surface area contributed by atoms with Crippen LogP contribution in [0.25, 0.3) is 0 Å². The van der Waals surface area contributed by atoms with Crippen LogP contribution in [-0.4, -0.2) is 31.8 Å². The van der Waals surface area contributed by atoms with Gasteiger partial charge in [0.15, 0.2) is 0 Å². The minimum atomic E-state index is -4.44. The smallest absolute Gasteiger partial charge is 0.370 e. The summed E-state index contributed by atoms with van der Waals surface area (Å²) < 4.78 is 65.1. The molecular formula is C11H10F5NO2. The summed E-state index contributed by atoms with van der Waals surface area (Å²) in [6, 6.07) is 2.38. The minimum absolute atomic E-state index is 0.217. The third kappa shape index (κ3) is 5.64. The molecule has 19 heavy (non-hydrogen) atoms. The summed E-state index contributed by atoms with van der Waals surface area (Å²) in [6.45, 7) is -2.01. The van der Waals surface area contributed by atoms with Crippen molar-refractivity contribution in [2.75, 3.05) is 19.8 Å². The Hall–Kier alpha value is -1.70. The fourth-order valence-corrected chi connectivity index (χ4v) is 1.19. The predicted octanol–water partition coefficient (Wildman–Crippen LogP) is 2.27. The van der Waals surface area contributed by atoms with E-state index in [1.807, 2.05) is 0 Å². The molecule has 1 aromatic carbocycles. The van der Waals surface area contributed by atoms with Crippen LogP contribution >= 0.6 is 0 Å². The van der Waals surface area contributed by atoms with Crippen molar-refractivity contribution in [3.05, 3.63) is 35.4 Å². The standard InChI is InChI=1S/C11H10F5NO2/c12-7-1-2-8(9(13)5-7)10(18)17-3-4-19-6-11(14,15)16/h1-2,5H,3-4,6H2,(H,17,18). The SMILES string of the molecule is O=C(NCCOCC(F)(F)F)c1ccc(F)cc1F. The number of rotatable bonds is 5. The molecule has 0 heterocycles. The van der Waals surface area contributed by atoms with Crippen LogP contribution in [0.5, 0.6) is 0 Å². The highest BCUT2D eigenvalue weighted by molar-refractivity contribution is 5.94. The van der Waals surface area contributed by atoms with E-state index < -0.39 is 35.9 Å². The molecule has 1 N–H and O–H groups in total. The van der Waals surface area contributed by atoms with Crippen LogP contribution in [-0.2, 0) is 4.74 Å². The van der Waals surface area contributed by atoms with Gasteiger partial charge in [0.05, 0.1) is 12.2 Å². The van der Waals surface area contributed by atoms with Gasteiger partial charge >= 0.3 is 6.18 Å². The maximum atomic E-state index is 13.2. The molecule has 0 fully saturated rings. The van der Waals surface area contributed by atoms with E-state index in [0.717, 1.165) is 12.1 Å². The molecule has 0 bridgehead atoms. The first-order valence-electron chi connectivity index (χ1n) is 5.17. The molecule has 0 saturated heterocycles. The number of hydrogen-bond donors (Lipinski definition) is 1. The first-order valence-corrected chi connectivity index (χ1v) is 5.17. The second kappa shape index (κ2) is 6.46. The molecule has 8 heteroatoms. The van der Waals surface area contributed by atoms with Gasteiger partial charge in [-0.25, -0.2) is 8.78 Å². The highest BCUT2D eigenvalue weighted by Crippen LogP contribution is 2.14. The predicted molar refractivity (Wildman–Crippen MR) is 55.6 cm³/mol. The summed E-state index contributed by atoms with van der Waals surface area (Å²) in [5.74, 6) is -2.73. The summed E-state index contributed by atoms with van der Waals surface area (Å²) in [5, 5.41) is 2.15. The highest BCUT2D eigenvalue weighted by Gasteiger charge is 2.27. The Morgan fingerprint density at radius 2 is 1.95 bits per heavy atom. The summed E-state index contributed by atoms with van der Waals surface area (Å²) in [6.07, 6.45) is -4.44. The van der Waals surface area contributed by atoms with Gasteiger partial charge in [0.1, 0.15) is 18.2 Å². The van der Waals surface area contributed by atoms with Gasteiger partial charge in [0, 0.05) is 12.6 Å². The van der Waals surface area contributed by atoms with Crippen molar-refractivity contribution in [2.45, 2.75) is 6.18 Å². The van der Waals surface area contributed by atoms with Crippen LogP contribution in [0.3, 0.4) is 0 Å². The zero-order valence-corrected chi connectivity index (χ0v) is 9.56. The number of hydrogen-bond acceptors (Lipinski definition) is 2. The number of carbonyl (C=O) groups excluding carboxylic acids is 1. The Morgan fingerprint density at radius 1 is 1.26 bits per heavy atom. The van der Waals surface area contributed by atoms with Gasteiger partial charge in [0.25, 0.3) is 5.91 Å². The highest BCUT2D eigenvalue weighted by atomic mass is 19.4. The lowest BCUT2D eigenvalue weighted by atomic mass is 10.2. The Labute approximate surface area is 105 Å². The zero-order chi connectivity index (χ0) is 14.5. The van der Waals surface area contributed by atoms with Crippen LogP contribution in [0.4, 0.5) is 22.0 Å². The second-order valence-corrected chi connectivity index (χ2v) is 3.55. The van der Waals surface area contributed by atoms with E-state index in [9.17, 15) is 26.7 Å². The van der Waals surface area contributed by atoms with Crippen LogP contribution in [0.15, 0.2) is 18.2 Å². The van der Waals surface area contributed by atoms with E-state index in [4.69, 9.17) is 0 Å². The Kier molecular flexibility index (Phi) is 5.22. The van der Waals surface area contributed by atoms with E-state index in [-0.39, 0.29) is 13.2 Å². The molecule has 0 aliphatic rings. The quantitative estimate of drug-likeness (QED) is 0.665. The average molecular weight is 283 g/mol. The van der Waals surface area contributed by atoms with Crippen LogP contribution in [0.2, 0.25) is 0 Å². The van der Waals surface area contributed by atoms with Gasteiger partial charge < -0.3 is 10.1 Å². The van der Waals surface area contributed by atoms with E-state index in [2.05, 4.69) is 10.1 Å². The molecule has 0 saturated carbocycles. The van der Waals surface area contributed by atoms with E-state index in [1.54, 1.807) is 0 Å². The fraction of sp³-hybridized carbons (Fsp3) is 0.364. The topological polar surface area (TPSA) is 38.3 Å². The van der Waals surface area contributed by atoms with Gasteiger partial charge in [-0.2, -0.15) is 13.2 Å². The molecule has 3 nitrogen and oxygen atoms in total. The summed E-state index contributed by atoms with van der Waals surface area (Å²) >= 11 is 0. The molecule has 0 atom stereocenters. The number of carbonyl (C=O) groups is 1. The van der Waals surface area contributed by atoms with E-state index in [0.29, 0.717) is 6.07 Å². The number of halogens is 5. The van der Waals surface area contributed by atoms with Crippen molar-refractivity contribution < 1.29 is 31.5 Å². The third-order valence-corrected chi connectivity index (χ3v) is 1.97. The zero-order valence-electron chi connectivity index (χ0n) is 9.56. The van der Waals surface area contributed by atoms with Crippen LogP contribution in [0.1, 0.15) is 10.4 Å². The van der Waals surface area contributed by atoms with Crippen molar-refractivity contribution in [3.8, 4) is 0 Å². The summed E-state index contributed by atoms with van der Waals surface area (Å²) in [7, 11) is 0. The van der Waals surface area contributed by atoms with E-state index >= 15 is 0 Å². The largest absolute Gasteiger partial charge is 0.411 e. The summed E-state index contributed by atoms with van der Waals surface area (Å²) in [4.78, 5) is 11.4. The van der Waals surface area contributed by atoms with Gasteiger partial charge in [0.2, 0.25) is 0 Å². The third-order valence-electron chi connectivity index (χ3n) is 1.97. The lowest BCUT2D eigenvalue weighted by Gasteiger charge is -2.09. The Morgan fingerprint density at radius 3 is 2.53 bits per heavy atom. The molecule has 1 aromatic rings. The first-order chi connectivity index (χ1) is 8.79. The summed E-state index contributed by atoms with van der Waals surface area (Å²) in [5.41, 5.74) is -0.391. The molecule has 0 aliphatic heterocycles. The molecule has 0 unspecified atom stereocenters. The molecule has 1 amide bonds. The Bertz CT molecular complexity index is 447. The number of nitrogens with one attached hydrogen (secondary N) is 1. The lowest BCUT2D eigenvalue weighted by molar-refractivity contribution is -0.173. The van der Waals surface area contributed by atoms with Gasteiger partial charge in [-0.1, -0.05) is 0 Å². The molecular weight excluding hydrogens is 273 g/mol. The number of amides is 1. The maximum absolute atomic E-state index is 13.2. The van der Waals surface area contributed by atoms with Gasteiger partial charge in [-0.15, -0.1) is 0 Å². The normalized spacial score (nSPS) is 11.4. The van der Waals surface area contributed by atoms with Crippen molar-refractivity contribution in [1.82, 2.24) is 5.32 Å². The monoisotopic (exact) mass is 283 g/mol. The van der Waals surface area contributed by atoms with Gasteiger partial charge in [-0.3, -0.25) is 4.79 Å². The van der Waals surface area contributed by atoms with Crippen molar-refractivity contribution in [1.29, 1.82) is 0 Å². The van der Waals surface area contributed by atoms with Crippen molar-refractivity contribution in [3.63, 3.8) is 0 Å². The average Bonchev–Trinajstić information content (AvgIpc) is 2.26. The molecule has 1 rings (SSSR count). The molecule has 0 spiro atoms. The second-order valence-electron chi connectivity index (χ2n) is 3.55. The lowest BCUT2D eigenvalue weighted by Crippen LogP contribution is -2.29. The van der Waals surface area contributed by atoms with Crippen LogP contribution in [0, 0.1) is 11.6 Å². The van der Waals surface area contributed by atoms with Gasteiger partial charge in [-0.05, 0) is 12.1 Å². The maximum Gasteiger partial charge on any atom is 0.411 e. The number of benzene rings is 1. The molecule has 0 aliphatic carbocycles. The molecule has 0 radical (unpaired) electrons. The van der Waals surface area contributed by atoms with Crippen molar-refractivity contribution >= 4 is 5.91 Å².